The van der Waals surface area contributed by atoms with E-state index in [1.54, 1.807) is 12.4 Å². The number of carboxylic acids is 1. The molecule has 3 heterocycles. The first-order valence-corrected chi connectivity index (χ1v) is 6.62. The molecule has 0 aromatic carbocycles. The van der Waals surface area contributed by atoms with Crippen LogP contribution in [0.15, 0.2) is 34.5 Å². The van der Waals surface area contributed by atoms with Crippen molar-refractivity contribution in [3.8, 4) is 0 Å². The van der Waals surface area contributed by atoms with Gasteiger partial charge in [0.15, 0.2) is 11.0 Å². The summed E-state index contributed by atoms with van der Waals surface area (Å²) >= 11 is 1.14. The molecule has 1 N–H and O–H groups in total. The lowest BCUT2D eigenvalue weighted by Gasteiger charge is -2.04. The molecule has 0 saturated heterocycles. The molecule has 8 nitrogen and oxygen atoms in total. The van der Waals surface area contributed by atoms with Crippen LogP contribution in [0, 0.1) is 0 Å². The Labute approximate surface area is 116 Å². The molecule has 0 atom stereocenters. The van der Waals surface area contributed by atoms with Crippen LogP contribution in [0.5, 0.6) is 0 Å². The molecule has 3 rings (SSSR count). The Kier molecular flexibility index (Phi) is 3.33. The van der Waals surface area contributed by atoms with Gasteiger partial charge in [0.1, 0.15) is 5.52 Å². The van der Waals surface area contributed by atoms with Gasteiger partial charge in [-0.25, -0.2) is 4.98 Å². The molecule has 0 saturated carbocycles. The second-order valence-corrected chi connectivity index (χ2v) is 4.82. The first kappa shape index (κ1) is 12.6. The number of fused-ring (bicyclic) bond motifs is 1. The van der Waals surface area contributed by atoms with Crippen LogP contribution in [-0.4, -0.2) is 41.5 Å². The molecule has 0 spiro atoms. The van der Waals surface area contributed by atoms with E-state index in [0.29, 0.717) is 23.0 Å². The highest BCUT2D eigenvalue weighted by Crippen LogP contribution is 2.24. The summed E-state index contributed by atoms with van der Waals surface area (Å²) in [4.78, 5) is 23.1. The summed E-state index contributed by atoms with van der Waals surface area (Å²) in [7, 11) is 0. The van der Waals surface area contributed by atoms with Crippen molar-refractivity contribution in [1.82, 2.24) is 24.7 Å². The third-order valence-electron chi connectivity index (χ3n) is 2.55. The quantitative estimate of drug-likeness (QED) is 0.695. The van der Waals surface area contributed by atoms with Gasteiger partial charge >= 0.3 is 5.97 Å². The Morgan fingerprint density at radius 1 is 1.50 bits per heavy atom. The zero-order valence-electron chi connectivity index (χ0n) is 10.1. The standard InChI is InChI=1S/C11H9N5O3S/c17-10(18)5-20-11-14-7-3-12-2-1-8(7)16(11)4-9-13-6-19-15-9/h1-3,6H,4-5H2,(H,17,18). The molecule has 0 radical (unpaired) electrons. The first-order valence-electron chi connectivity index (χ1n) is 5.64. The van der Waals surface area contributed by atoms with Crippen molar-refractivity contribution in [2.24, 2.45) is 0 Å². The number of aromatic nitrogens is 5. The molecule has 0 bridgehead atoms. The number of pyridine rings is 1. The Morgan fingerprint density at radius 2 is 2.40 bits per heavy atom. The van der Waals surface area contributed by atoms with Crippen molar-refractivity contribution in [2.75, 3.05) is 5.75 Å². The van der Waals surface area contributed by atoms with Crippen LogP contribution in [0.3, 0.4) is 0 Å². The van der Waals surface area contributed by atoms with E-state index in [0.717, 1.165) is 17.3 Å². The molecular weight excluding hydrogens is 282 g/mol. The third-order valence-corrected chi connectivity index (χ3v) is 3.51. The van der Waals surface area contributed by atoms with Crippen LogP contribution in [0.1, 0.15) is 5.82 Å². The van der Waals surface area contributed by atoms with Gasteiger partial charge in [-0.3, -0.25) is 9.78 Å². The van der Waals surface area contributed by atoms with E-state index >= 15 is 0 Å². The van der Waals surface area contributed by atoms with Gasteiger partial charge in [0.05, 0.1) is 24.0 Å². The second kappa shape index (κ2) is 5.29. The smallest absolute Gasteiger partial charge is 0.313 e. The van der Waals surface area contributed by atoms with E-state index in [9.17, 15) is 4.79 Å². The molecule has 3 aromatic heterocycles. The molecule has 102 valence electrons. The highest BCUT2D eigenvalue weighted by atomic mass is 32.2. The van der Waals surface area contributed by atoms with E-state index in [1.807, 2.05) is 10.6 Å². The fourth-order valence-electron chi connectivity index (χ4n) is 1.75. The minimum Gasteiger partial charge on any atom is -0.481 e. The predicted octanol–water partition coefficient (Wildman–Crippen LogP) is 1.04. The lowest BCUT2D eigenvalue weighted by atomic mass is 10.4. The minimum absolute atomic E-state index is 0.0665. The summed E-state index contributed by atoms with van der Waals surface area (Å²) in [6.07, 6.45) is 4.54. The fourth-order valence-corrected chi connectivity index (χ4v) is 2.49. The van der Waals surface area contributed by atoms with E-state index in [-0.39, 0.29) is 5.75 Å². The van der Waals surface area contributed by atoms with E-state index < -0.39 is 5.97 Å². The molecule has 9 heteroatoms. The zero-order valence-corrected chi connectivity index (χ0v) is 10.9. The minimum atomic E-state index is -0.897. The SMILES string of the molecule is O=C(O)CSc1nc2cnccc2n1Cc1ncon1. The average Bonchev–Trinajstić information content (AvgIpc) is 3.05. The maximum absolute atomic E-state index is 10.7. The first-order chi connectivity index (χ1) is 9.74. The molecule has 0 aliphatic rings. The zero-order chi connectivity index (χ0) is 13.9. The van der Waals surface area contributed by atoms with Crippen molar-refractivity contribution in [2.45, 2.75) is 11.7 Å². The maximum atomic E-state index is 10.7. The second-order valence-electron chi connectivity index (χ2n) is 3.87. The van der Waals surface area contributed by atoms with Crippen LogP contribution >= 0.6 is 11.8 Å². The lowest BCUT2D eigenvalue weighted by molar-refractivity contribution is -0.133. The molecule has 20 heavy (non-hydrogen) atoms. The molecule has 0 unspecified atom stereocenters. The lowest BCUT2D eigenvalue weighted by Crippen LogP contribution is -2.05. The van der Waals surface area contributed by atoms with Crippen molar-refractivity contribution in [3.05, 3.63) is 30.7 Å². The van der Waals surface area contributed by atoms with Gasteiger partial charge in [0.25, 0.3) is 0 Å². The maximum Gasteiger partial charge on any atom is 0.313 e. The molecule has 3 aromatic rings. The van der Waals surface area contributed by atoms with Crippen molar-refractivity contribution >= 4 is 28.8 Å². The number of thioether (sulfide) groups is 1. The summed E-state index contributed by atoms with van der Waals surface area (Å²) in [5, 5.41) is 13.1. The number of imidazole rings is 1. The number of hydrogen-bond acceptors (Lipinski definition) is 7. The van der Waals surface area contributed by atoms with Crippen molar-refractivity contribution < 1.29 is 14.4 Å². The van der Waals surface area contributed by atoms with Gasteiger partial charge in [0, 0.05) is 6.20 Å². The summed E-state index contributed by atoms with van der Waals surface area (Å²) in [6, 6.07) is 1.81. The highest BCUT2D eigenvalue weighted by molar-refractivity contribution is 7.99. The Hall–Kier alpha value is -2.42. The number of nitrogens with zero attached hydrogens (tertiary/aromatic N) is 5. The molecule has 0 fully saturated rings. The molecular formula is C11H9N5O3S. The van der Waals surface area contributed by atoms with Gasteiger partial charge < -0.3 is 14.2 Å². The average molecular weight is 291 g/mol. The number of hydrogen-bond donors (Lipinski definition) is 1. The fraction of sp³-hybridized carbons (Fsp3) is 0.182. The Balaban J connectivity index is 2.01. The summed E-state index contributed by atoms with van der Waals surface area (Å²) in [5.41, 5.74) is 1.54. The van der Waals surface area contributed by atoms with Gasteiger partial charge in [-0.2, -0.15) is 4.98 Å². The largest absolute Gasteiger partial charge is 0.481 e. The monoisotopic (exact) mass is 291 g/mol. The number of aliphatic carboxylic acids is 1. The third kappa shape index (κ3) is 2.48. The highest BCUT2D eigenvalue weighted by Gasteiger charge is 2.14. The van der Waals surface area contributed by atoms with Crippen LogP contribution in [0.2, 0.25) is 0 Å². The van der Waals surface area contributed by atoms with Crippen LogP contribution in [0.4, 0.5) is 0 Å². The van der Waals surface area contributed by atoms with Crippen LogP contribution < -0.4 is 0 Å². The Bertz CT molecular complexity index is 740. The van der Waals surface area contributed by atoms with Crippen LogP contribution in [-0.2, 0) is 11.3 Å². The number of rotatable bonds is 5. The van der Waals surface area contributed by atoms with E-state index in [4.69, 9.17) is 9.63 Å². The van der Waals surface area contributed by atoms with Crippen LogP contribution in [0.25, 0.3) is 11.0 Å². The molecule has 0 aliphatic carbocycles. The van der Waals surface area contributed by atoms with Gasteiger partial charge in [-0.15, -0.1) is 0 Å². The van der Waals surface area contributed by atoms with E-state index in [2.05, 4.69) is 20.1 Å². The summed E-state index contributed by atoms with van der Waals surface area (Å²) in [6.45, 7) is 0.360. The molecule has 0 amide bonds. The summed E-state index contributed by atoms with van der Waals surface area (Å²) < 4.78 is 6.55. The van der Waals surface area contributed by atoms with Gasteiger partial charge in [-0.1, -0.05) is 16.9 Å². The van der Waals surface area contributed by atoms with Gasteiger partial charge in [0.2, 0.25) is 6.39 Å². The topological polar surface area (TPSA) is 107 Å². The van der Waals surface area contributed by atoms with Crippen molar-refractivity contribution in [3.63, 3.8) is 0 Å². The number of carbonyl (C=O) groups is 1. The van der Waals surface area contributed by atoms with Gasteiger partial charge in [-0.05, 0) is 6.07 Å². The van der Waals surface area contributed by atoms with E-state index in [1.165, 1.54) is 6.39 Å². The normalized spacial score (nSPS) is 11.0. The van der Waals surface area contributed by atoms with Crippen molar-refractivity contribution in [1.29, 1.82) is 0 Å². The number of carboxylic acid groups (broad SMARTS) is 1. The molecule has 0 aliphatic heterocycles. The Morgan fingerprint density at radius 3 is 3.15 bits per heavy atom. The predicted molar refractivity (Wildman–Crippen MR) is 69.3 cm³/mol. The summed E-state index contributed by atoms with van der Waals surface area (Å²) in [5.74, 6) is -0.465.